The minimum absolute atomic E-state index is 0.00716. The smallest absolute Gasteiger partial charge is 0.273 e. The number of anilines is 2. The quantitative estimate of drug-likeness (QED) is 0.490. The number of amides is 2. The number of rotatable bonds is 8. The molecule has 1 aliphatic heterocycles. The van der Waals surface area contributed by atoms with Crippen molar-refractivity contribution in [1.82, 2.24) is 19.9 Å². The van der Waals surface area contributed by atoms with E-state index in [-0.39, 0.29) is 35.9 Å². The van der Waals surface area contributed by atoms with Crippen molar-refractivity contribution in [3.63, 3.8) is 0 Å². The summed E-state index contributed by atoms with van der Waals surface area (Å²) < 4.78 is 7.10. The number of benzene rings is 1. The Hall–Kier alpha value is -3.47. The fourth-order valence-electron chi connectivity index (χ4n) is 3.97. The number of nitrogens with one attached hydrogen (secondary N) is 2. The van der Waals surface area contributed by atoms with Crippen molar-refractivity contribution in [2.45, 2.75) is 46.2 Å². The summed E-state index contributed by atoms with van der Waals surface area (Å²) >= 11 is 1.27. The van der Waals surface area contributed by atoms with Gasteiger partial charge in [-0.2, -0.15) is 4.98 Å². The molecule has 0 radical (unpaired) electrons. The third-order valence-electron chi connectivity index (χ3n) is 5.70. The topological polar surface area (TPSA) is 118 Å². The Morgan fingerprint density at radius 2 is 1.91 bits per heavy atom. The summed E-state index contributed by atoms with van der Waals surface area (Å²) in [6, 6.07) is 7.17. The fraction of sp³-hybridized carbons (Fsp3) is 0.458. The van der Waals surface area contributed by atoms with Crippen LogP contribution in [0.15, 0.2) is 35.4 Å². The number of carbonyl (C=O) groups excluding carboxylic acids is 2. The number of aromatic nitrogens is 3. The number of hydrogen-bond donors (Lipinski definition) is 2. The Morgan fingerprint density at radius 1 is 1.20 bits per heavy atom. The Morgan fingerprint density at radius 3 is 2.57 bits per heavy atom. The minimum Gasteiger partial charge on any atom is -0.494 e. The minimum atomic E-state index is -0.330. The van der Waals surface area contributed by atoms with Crippen LogP contribution in [0.4, 0.5) is 10.8 Å². The highest BCUT2D eigenvalue weighted by molar-refractivity contribution is 7.22. The number of nitrogens with zero attached hydrogens (tertiary/aromatic N) is 4. The van der Waals surface area contributed by atoms with Crippen LogP contribution in [-0.2, 0) is 16.1 Å². The molecule has 0 bridgehead atoms. The van der Waals surface area contributed by atoms with Crippen molar-refractivity contribution in [1.29, 1.82) is 0 Å². The molecule has 2 aromatic heterocycles. The van der Waals surface area contributed by atoms with Crippen LogP contribution in [0.25, 0.3) is 10.3 Å². The molecule has 11 heteroatoms. The summed E-state index contributed by atoms with van der Waals surface area (Å²) in [6.07, 6.45) is 2.82. The van der Waals surface area contributed by atoms with Gasteiger partial charge < -0.3 is 20.3 Å². The normalized spacial score (nSPS) is 14.3. The van der Waals surface area contributed by atoms with Crippen molar-refractivity contribution in [2.24, 2.45) is 5.92 Å². The number of fused-ring (bicyclic) bond motifs is 1. The van der Waals surface area contributed by atoms with Crippen LogP contribution >= 0.6 is 11.3 Å². The first-order valence-electron chi connectivity index (χ1n) is 11.8. The largest absolute Gasteiger partial charge is 0.494 e. The van der Waals surface area contributed by atoms with Crippen molar-refractivity contribution < 1.29 is 14.3 Å². The fourth-order valence-corrected chi connectivity index (χ4v) is 5.00. The van der Waals surface area contributed by atoms with Crippen LogP contribution in [0.3, 0.4) is 0 Å². The third-order valence-corrected chi connectivity index (χ3v) is 6.80. The maximum atomic E-state index is 13.0. The zero-order valence-corrected chi connectivity index (χ0v) is 20.9. The molecule has 2 amide bonds. The van der Waals surface area contributed by atoms with E-state index in [2.05, 4.69) is 25.5 Å². The van der Waals surface area contributed by atoms with E-state index in [0.717, 1.165) is 18.6 Å². The standard InChI is InChI=1S/C24H30N6O4S/c1-4-34-18-7-5-17(6-8-18)27-19(31)13-30-14-25-21-20(23(30)33)35-24(28-21)29-11-9-16(10-12-29)22(32)26-15(2)3/h5-8,14-16H,4,9-13H2,1-3H3,(H,26,32)(H,27,31). The molecule has 186 valence electrons. The molecule has 0 unspecified atom stereocenters. The van der Waals surface area contributed by atoms with E-state index >= 15 is 0 Å². The number of thiazole rings is 1. The van der Waals surface area contributed by atoms with Gasteiger partial charge in [-0.15, -0.1) is 0 Å². The number of ether oxygens (including phenoxy) is 1. The Kier molecular flexibility index (Phi) is 7.64. The molecule has 4 rings (SSSR count). The first-order valence-corrected chi connectivity index (χ1v) is 12.6. The van der Waals surface area contributed by atoms with Crippen LogP contribution in [0, 0.1) is 5.92 Å². The van der Waals surface area contributed by atoms with Crippen LogP contribution in [-0.4, -0.2) is 52.1 Å². The SMILES string of the molecule is CCOc1ccc(NC(=O)Cn2cnc3nc(N4CCC(C(=O)NC(C)C)CC4)sc3c2=O)cc1. The number of hydrogen-bond acceptors (Lipinski definition) is 8. The molecule has 3 aromatic rings. The van der Waals surface area contributed by atoms with Crippen LogP contribution in [0.5, 0.6) is 5.75 Å². The molecule has 1 aliphatic rings. The second kappa shape index (κ2) is 10.9. The maximum Gasteiger partial charge on any atom is 0.273 e. The average molecular weight is 499 g/mol. The monoisotopic (exact) mass is 498 g/mol. The molecule has 10 nitrogen and oxygen atoms in total. The lowest BCUT2D eigenvalue weighted by Crippen LogP contribution is -2.42. The highest BCUT2D eigenvalue weighted by Gasteiger charge is 2.27. The highest BCUT2D eigenvalue weighted by Crippen LogP contribution is 2.29. The molecule has 3 heterocycles. The van der Waals surface area contributed by atoms with Gasteiger partial charge in [0.1, 0.15) is 23.3 Å². The van der Waals surface area contributed by atoms with Crippen molar-refractivity contribution >= 4 is 44.3 Å². The van der Waals surface area contributed by atoms with Gasteiger partial charge in [0.25, 0.3) is 5.56 Å². The lowest BCUT2D eigenvalue weighted by Gasteiger charge is -2.31. The Labute approximate surface area is 207 Å². The van der Waals surface area contributed by atoms with Gasteiger partial charge in [0.15, 0.2) is 10.8 Å². The molecule has 1 aromatic carbocycles. The molecule has 1 fully saturated rings. The van der Waals surface area contributed by atoms with Gasteiger partial charge in [-0.05, 0) is 57.9 Å². The maximum absolute atomic E-state index is 13.0. The van der Waals surface area contributed by atoms with Gasteiger partial charge in [-0.3, -0.25) is 19.0 Å². The van der Waals surface area contributed by atoms with Crippen LogP contribution in [0.2, 0.25) is 0 Å². The van der Waals surface area contributed by atoms with Gasteiger partial charge >= 0.3 is 0 Å². The van der Waals surface area contributed by atoms with E-state index in [9.17, 15) is 14.4 Å². The summed E-state index contributed by atoms with van der Waals surface area (Å²) in [5, 5.41) is 6.47. The predicted molar refractivity (Wildman–Crippen MR) is 136 cm³/mol. The van der Waals surface area contributed by atoms with Gasteiger partial charge in [-0.25, -0.2) is 4.98 Å². The summed E-state index contributed by atoms with van der Waals surface area (Å²) in [7, 11) is 0. The molecule has 2 N–H and O–H groups in total. The van der Waals surface area contributed by atoms with Crippen LogP contribution < -0.4 is 25.8 Å². The van der Waals surface area contributed by atoms with E-state index in [4.69, 9.17) is 4.74 Å². The molecule has 0 saturated carbocycles. The molecular weight excluding hydrogens is 468 g/mol. The first-order chi connectivity index (χ1) is 16.8. The second-order valence-electron chi connectivity index (χ2n) is 8.76. The van der Waals surface area contributed by atoms with Gasteiger partial charge in [0.2, 0.25) is 11.8 Å². The molecule has 0 aliphatic carbocycles. The Balaban J connectivity index is 1.40. The molecule has 0 atom stereocenters. The van der Waals surface area contributed by atoms with Crippen molar-refractivity contribution in [2.75, 3.05) is 29.9 Å². The highest BCUT2D eigenvalue weighted by atomic mass is 32.1. The van der Waals surface area contributed by atoms with E-state index in [1.54, 1.807) is 24.3 Å². The van der Waals surface area contributed by atoms with Crippen LogP contribution in [0.1, 0.15) is 33.6 Å². The predicted octanol–water partition coefficient (Wildman–Crippen LogP) is 2.63. The zero-order chi connectivity index (χ0) is 24.9. The van der Waals surface area contributed by atoms with E-state index < -0.39 is 0 Å². The summed E-state index contributed by atoms with van der Waals surface area (Å²) in [4.78, 5) is 48.7. The molecule has 35 heavy (non-hydrogen) atoms. The molecular formula is C24H30N6O4S. The number of piperidine rings is 1. The molecule has 0 spiro atoms. The van der Waals surface area contributed by atoms with E-state index in [0.29, 0.717) is 40.9 Å². The van der Waals surface area contributed by atoms with Crippen molar-refractivity contribution in [3.8, 4) is 5.75 Å². The number of carbonyl (C=O) groups is 2. The Bertz CT molecular complexity index is 1250. The van der Waals surface area contributed by atoms with Gasteiger partial charge in [-0.1, -0.05) is 11.3 Å². The lowest BCUT2D eigenvalue weighted by atomic mass is 9.96. The van der Waals surface area contributed by atoms with Crippen molar-refractivity contribution in [3.05, 3.63) is 40.9 Å². The summed E-state index contributed by atoms with van der Waals surface area (Å²) in [6.45, 7) is 7.61. The third kappa shape index (κ3) is 5.97. The molecule has 1 saturated heterocycles. The summed E-state index contributed by atoms with van der Waals surface area (Å²) in [5.74, 6) is 0.480. The van der Waals surface area contributed by atoms with E-state index in [1.165, 1.54) is 22.2 Å². The lowest BCUT2D eigenvalue weighted by molar-refractivity contribution is -0.126. The second-order valence-corrected chi connectivity index (χ2v) is 9.73. The summed E-state index contributed by atoms with van der Waals surface area (Å²) in [5.41, 5.74) is 0.690. The zero-order valence-electron chi connectivity index (χ0n) is 20.1. The first kappa shape index (κ1) is 24.6. The van der Waals surface area contributed by atoms with E-state index in [1.807, 2.05) is 20.8 Å². The van der Waals surface area contributed by atoms with Gasteiger partial charge in [0.05, 0.1) is 6.61 Å². The average Bonchev–Trinajstić information content (AvgIpc) is 3.27. The van der Waals surface area contributed by atoms with Gasteiger partial charge in [0, 0.05) is 30.7 Å².